The number of carboxylic acid groups (broad SMARTS) is 1. The molecule has 21 heavy (non-hydrogen) atoms. The molecule has 0 saturated heterocycles. The highest BCUT2D eigenvalue weighted by molar-refractivity contribution is 7.18. The molecule has 1 rings (SSSR count). The number of aryl methyl sites for hydroxylation is 1. The van der Waals surface area contributed by atoms with E-state index in [0.29, 0.717) is 21.9 Å². The maximum atomic E-state index is 11.8. The summed E-state index contributed by atoms with van der Waals surface area (Å²) in [7, 11) is 0. The van der Waals surface area contributed by atoms with Crippen LogP contribution in [-0.4, -0.2) is 17.0 Å². The van der Waals surface area contributed by atoms with Crippen LogP contribution in [0.5, 0.6) is 0 Å². The molecule has 0 fully saturated rings. The normalized spacial score (nSPS) is 10.6. The quantitative estimate of drug-likeness (QED) is 0.608. The van der Waals surface area contributed by atoms with Gasteiger partial charge in [0, 0.05) is 6.42 Å². The maximum absolute atomic E-state index is 11.8. The first kappa shape index (κ1) is 17.7. The predicted octanol–water partition coefficient (Wildman–Crippen LogP) is 4.83. The van der Waals surface area contributed by atoms with Crippen LogP contribution in [0.2, 0.25) is 0 Å². The van der Waals surface area contributed by atoms with Crippen molar-refractivity contribution >= 4 is 28.2 Å². The topological polar surface area (TPSA) is 66.4 Å². The molecule has 0 radical (unpaired) electrons. The Morgan fingerprint density at radius 2 is 1.76 bits per heavy atom. The number of rotatable bonds is 10. The Labute approximate surface area is 130 Å². The van der Waals surface area contributed by atoms with Crippen LogP contribution in [0, 0.1) is 6.92 Å². The van der Waals surface area contributed by atoms with Gasteiger partial charge in [-0.05, 0) is 25.0 Å². The fraction of sp³-hybridized carbons (Fsp3) is 0.625. The van der Waals surface area contributed by atoms with Crippen molar-refractivity contribution in [2.24, 2.45) is 0 Å². The van der Waals surface area contributed by atoms with E-state index >= 15 is 0 Å². The van der Waals surface area contributed by atoms with Gasteiger partial charge in [0.25, 0.3) is 0 Å². The molecule has 0 aromatic carbocycles. The molecule has 5 heteroatoms. The summed E-state index contributed by atoms with van der Waals surface area (Å²) < 4.78 is 0. The molecule has 1 aromatic rings. The van der Waals surface area contributed by atoms with Gasteiger partial charge in [0.1, 0.15) is 4.88 Å². The number of nitrogens with one attached hydrogen (secondary N) is 1. The van der Waals surface area contributed by atoms with E-state index in [4.69, 9.17) is 5.11 Å². The summed E-state index contributed by atoms with van der Waals surface area (Å²) in [6.45, 7) is 3.94. The Bertz CT molecular complexity index is 468. The molecule has 1 amide bonds. The molecule has 0 aliphatic rings. The van der Waals surface area contributed by atoms with E-state index < -0.39 is 5.97 Å². The van der Waals surface area contributed by atoms with E-state index in [2.05, 4.69) is 12.2 Å². The van der Waals surface area contributed by atoms with Gasteiger partial charge in [-0.1, -0.05) is 45.4 Å². The third-order valence-corrected chi connectivity index (χ3v) is 4.52. The number of carbonyl (C=O) groups is 2. The number of hydrogen-bond donors (Lipinski definition) is 2. The van der Waals surface area contributed by atoms with E-state index in [-0.39, 0.29) is 5.91 Å². The summed E-state index contributed by atoms with van der Waals surface area (Å²) in [5.41, 5.74) is 0.693. The molecule has 1 heterocycles. The Kier molecular flexibility index (Phi) is 8.05. The second kappa shape index (κ2) is 9.55. The van der Waals surface area contributed by atoms with Crippen LogP contribution in [0.3, 0.4) is 0 Å². The molecule has 1 aromatic heterocycles. The summed E-state index contributed by atoms with van der Waals surface area (Å²) in [5, 5.41) is 12.4. The van der Waals surface area contributed by atoms with Crippen LogP contribution in [0.1, 0.15) is 73.5 Å². The lowest BCUT2D eigenvalue weighted by molar-refractivity contribution is -0.116. The Hall–Kier alpha value is -1.36. The molecule has 0 spiro atoms. The van der Waals surface area contributed by atoms with Crippen LogP contribution >= 0.6 is 11.3 Å². The number of carbonyl (C=O) groups excluding carboxylic acids is 1. The highest BCUT2D eigenvalue weighted by Crippen LogP contribution is 2.26. The summed E-state index contributed by atoms with van der Waals surface area (Å²) in [4.78, 5) is 23.0. The highest BCUT2D eigenvalue weighted by Gasteiger charge is 2.13. The maximum Gasteiger partial charge on any atom is 0.346 e. The van der Waals surface area contributed by atoms with Gasteiger partial charge >= 0.3 is 5.97 Å². The molecule has 118 valence electrons. The lowest BCUT2D eigenvalue weighted by Gasteiger charge is -2.03. The minimum Gasteiger partial charge on any atom is -0.477 e. The first-order valence-corrected chi connectivity index (χ1v) is 8.49. The van der Waals surface area contributed by atoms with Crippen molar-refractivity contribution in [2.75, 3.05) is 5.32 Å². The number of thiophene rings is 1. The van der Waals surface area contributed by atoms with Crippen molar-refractivity contribution in [2.45, 2.75) is 65.2 Å². The third kappa shape index (κ3) is 6.76. The van der Waals surface area contributed by atoms with Gasteiger partial charge < -0.3 is 10.4 Å². The molecule has 0 unspecified atom stereocenters. The zero-order chi connectivity index (χ0) is 15.7. The fourth-order valence-electron chi connectivity index (χ4n) is 2.20. The number of amides is 1. The molecular formula is C16H25NO3S. The molecule has 0 atom stereocenters. The van der Waals surface area contributed by atoms with E-state index in [1.807, 2.05) is 0 Å². The molecule has 4 nitrogen and oxygen atoms in total. The smallest absolute Gasteiger partial charge is 0.346 e. The van der Waals surface area contributed by atoms with Gasteiger partial charge in [0.2, 0.25) is 5.91 Å². The zero-order valence-corrected chi connectivity index (χ0v) is 13.7. The summed E-state index contributed by atoms with van der Waals surface area (Å²) in [6, 6.07) is 1.72. The Morgan fingerprint density at radius 3 is 2.33 bits per heavy atom. The predicted molar refractivity (Wildman–Crippen MR) is 87.3 cm³/mol. The lowest BCUT2D eigenvalue weighted by Crippen LogP contribution is -2.09. The SMILES string of the molecule is CCCCCCCCCC(=O)Nc1cc(C)c(C(=O)O)s1. The Balaban J connectivity index is 2.22. The molecule has 0 saturated carbocycles. The van der Waals surface area contributed by atoms with Crippen molar-refractivity contribution in [1.82, 2.24) is 0 Å². The minimum absolute atomic E-state index is 0.0262. The van der Waals surface area contributed by atoms with Crippen LogP contribution in [0.4, 0.5) is 5.00 Å². The van der Waals surface area contributed by atoms with E-state index in [1.165, 1.54) is 32.1 Å². The fourth-order valence-corrected chi connectivity index (χ4v) is 3.13. The van der Waals surface area contributed by atoms with Crippen LogP contribution < -0.4 is 5.32 Å². The van der Waals surface area contributed by atoms with Crippen LogP contribution in [-0.2, 0) is 4.79 Å². The van der Waals surface area contributed by atoms with Gasteiger partial charge in [-0.3, -0.25) is 4.79 Å². The third-order valence-electron chi connectivity index (χ3n) is 3.38. The van der Waals surface area contributed by atoms with Crippen molar-refractivity contribution in [3.8, 4) is 0 Å². The molecule has 0 aliphatic heterocycles. The van der Waals surface area contributed by atoms with Crippen molar-refractivity contribution in [3.63, 3.8) is 0 Å². The average Bonchev–Trinajstić information content (AvgIpc) is 2.78. The van der Waals surface area contributed by atoms with Gasteiger partial charge in [-0.25, -0.2) is 4.79 Å². The Morgan fingerprint density at radius 1 is 1.14 bits per heavy atom. The number of hydrogen-bond acceptors (Lipinski definition) is 3. The van der Waals surface area contributed by atoms with Gasteiger partial charge in [-0.15, -0.1) is 11.3 Å². The highest BCUT2D eigenvalue weighted by atomic mass is 32.1. The monoisotopic (exact) mass is 311 g/mol. The number of unbranched alkanes of at least 4 members (excludes halogenated alkanes) is 6. The van der Waals surface area contributed by atoms with Gasteiger partial charge in [0.05, 0.1) is 5.00 Å². The van der Waals surface area contributed by atoms with Crippen molar-refractivity contribution < 1.29 is 14.7 Å². The summed E-state index contributed by atoms with van der Waals surface area (Å²) in [6.07, 6.45) is 8.76. The standard InChI is InChI=1S/C16H25NO3S/c1-3-4-5-6-7-8-9-10-13(18)17-14-11-12(2)15(21-14)16(19)20/h11H,3-10H2,1-2H3,(H,17,18)(H,19,20). The van der Waals surface area contributed by atoms with E-state index in [0.717, 1.165) is 24.2 Å². The zero-order valence-electron chi connectivity index (χ0n) is 12.9. The number of anilines is 1. The first-order valence-electron chi connectivity index (χ1n) is 7.68. The minimum atomic E-state index is -0.940. The molecule has 2 N–H and O–H groups in total. The van der Waals surface area contributed by atoms with E-state index in [1.54, 1.807) is 13.0 Å². The number of carboxylic acids is 1. The first-order chi connectivity index (χ1) is 10.0. The lowest BCUT2D eigenvalue weighted by atomic mass is 10.1. The summed E-state index contributed by atoms with van der Waals surface area (Å²) >= 11 is 1.12. The second-order valence-electron chi connectivity index (χ2n) is 5.35. The molecule has 0 aliphatic carbocycles. The van der Waals surface area contributed by atoms with Gasteiger partial charge in [0.15, 0.2) is 0 Å². The molecular weight excluding hydrogens is 286 g/mol. The van der Waals surface area contributed by atoms with Crippen molar-refractivity contribution in [1.29, 1.82) is 0 Å². The van der Waals surface area contributed by atoms with Gasteiger partial charge in [-0.2, -0.15) is 0 Å². The molecule has 0 bridgehead atoms. The average molecular weight is 311 g/mol. The number of aromatic carboxylic acids is 1. The van der Waals surface area contributed by atoms with Crippen LogP contribution in [0.15, 0.2) is 6.07 Å². The largest absolute Gasteiger partial charge is 0.477 e. The summed E-state index contributed by atoms with van der Waals surface area (Å²) in [5.74, 6) is -0.966. The van der Waals surface area contributed by atoms with Crippen molar-refractivity contribution in [3.05, 3.63) is 16.5 Å². The van der Waals surface area contributed by atoms with Crippen LogP contribution in [0.25, 0.3) is 0 Å². The van der Waals surface area contributed by atoms with E-state index in [9.17, 15) is 9.59 Å². The second-order valence-corrected chi connectivity index (χ2v) is 6.40.